The third-order valence-electron chi connectivity index (χ3n) is 1.80. The van der Waals surface area contributed by atoms with Crippen molar-refractivity contribution in [2.45, 2.75) is 5.16 Å². The summed E-state index contributed by atoms with van der Waals surface area (Å²) in [5.74, 6) is 0.547. The normalized spacial score (nSPS) is 10.5. The Bertz CT molecular complexity index is 450. The average molecular weight is 239 g/mol. The Balaban J connectivity index is 1.95. The predicted octanol–water partition coefficient (Wildman–Crippen LogP) is 1.85. The zero-order valence-electron chi connectivity index (χ0n) is 8.08. The van der Waals surface area contributed by atoms with Crippen molar-refractivity contribution < 1.29 is 4.79 Å². The molecule has 0 atom stereocenters. The quantitative estimate of drug-likeness (QED) is 0.603. The lowest BCUT2D eigenvalue weighted by Gasteiger charge is -1.98. The molecule has 4 nitrogen and oxygen atoms in total. The number of hydrogen-bond donors (Lipinski definition) is 0. The van der Waals surface area contributed by atoms with Crippen LogP contribution in [0.15, 0.2) is 29.0 Å². The molecule has 0 amide bonds. The van der Waals surface area contributed by atoms with Gasteiger partial charge in [-0.25, -0.2) is 9.67 Å². The summed E-state index contributed by atoms with van der Waals surface area (Å²) in [6.45, 7) is 0. The molecule has 0 unspecified atom stereocenters. The van der Waals surface area contributed by atoms with E-state index >= 15 is 0 Å². The number of thioether (sulfide) groups is 1. The van der Waals surface area contributed by atoms with Crippen LogP contribution in [0.1, 0.15) is 9.67 Å². The molecule has 0 spiro atoms. The Kier molecular flexibility index (Phi) is 3.17. The largest absolute Gasteiger partial charge is 0.292 e. The number of carbonyl (C=O) groups is 1. The number of ketones is 1. The van der Waals surface area contributed by atoms with Gasteiger partial charge in [-0.05, 0) is 11.4 Å². The molecule has 0 aromatic carbocycles. The van der Waals surface area contributed by atoms with Gasteiger partial charge < -0.3 is 0 Å². The molecule has 0 aliphatic rings. The lowest BCUT2D eigenvalue weighted by atomic mass is 10.4. The highest BCUT2D eigenvalue weighted by Crippen LogP contribution is 2.17. The topological polar surface area (TPSA) is 47.8 Å². The summed E-state index contributed by atoms with van der Waals surface area (Å²) in [7, 11) is 1.81. The maximum Gasteiger partial charge on any atom is 0.186 e. The van der Waals surface area contributed by atoms with Crippen LogP contribution in [-0.2, 0) is 7.05 Å². The molecular formula is C9H9N3OS2. The first-order chi connectivity index (χ1) is 7.27. The van der Waals surface area contributed by atoms with Crippen molar-refractivity contribution in [2.75, 3.05) is 5.75 Å². The molecule has 0 bridgehead atoms. The summed E-state index contributed by atoms with van der Waals surface area (Å²) < 4.78 is 1.66. The number of aromatic nitrogens is 3. The van der Waals surface area contributed by atoms with Crippen LogP contribution in [0, 0.1) is 0 Å². The molecule has 0 saturated carbocycles. The minimum absolute atomic E-state index is 0.137. The Morgan fingerprint density at radius 3 is 3.13 bits per heavy atom. The van der Waals surface area contributed by atoms with E-state index in [9.17, 15) is 4.79 Å². The minimum Gasteiger partial charge on any atom is -0.292 e. The maximum absolute atomic E-state index is 11.6. The van der Waals surface area contributed by atoms with Crippen LogP contribution in [0.25, 0.3) is 0 Å². The van der Waals surface area contributed by atoms with Gasteiger partial charge in [0.15, 0.2) is 10.9 Å². The van der Waals surface area contributed by atoms with Crippen molar-refractivity contribution in [3.8, 4) is 0 Å². The van der Waals surface area contributed by atoms with Crippen LogP contribution in [0.4, 0.5) is 0 Å². The van der Waals surface area contributed by atoms with Gasteiger partial charge >= 0.3 is 0 Å². The smallest absolute Gasteiger partial charge is 0.186 e. The third kappa shape index (κ3) is 2.45. The molecule has 2 rings (SSSR count). The van der Waals surface area contributed by atoms with Gasteiger partial charge in [-0.15, -0.1) is 11.3 Å². The standard InChI is InChI=1S/C9H9N3OS2/c1-12-9(10-6-11-12)15-5-7(13)8-3-2-4-14-8/h2-4,6H,5H2,1H3. The Labute approximate surface area is 95.3 Å². The van der Waals surface area contributed by atoms with E-state index in [0.29, 0.717) is 5.75 Å². The van der Waals surface area contributed by atoms with Crippen LogP contribution in [-0.4, -0.2) is 26.3 Å². The molecule has 0 aliphatic carbocycles. The number of carbonyl (C=O) groups excluding carboxylic acids is 1. The molecule has 0 radical (unpaired) electrons. The SMILES string of the molecule is Cn1ncnc1SCC(=O)c1cccs1. The van der Waals surface area contributed by atoms with E-state index in [1.165, 1.54) is 29.4 Å². The Morgan fingerprint density at radius 2 is 2.53 bits per heavy atom. The molecule has 6 heteroatoms. The summed E-state index contributed by atoms with van der Waals surface area (Å²) in [4.78, 5) is 16.5. The van der Waals surface area contributed by atoms with E-state index in [1.54, 1.807) is 4.68 Å². The Hall–Kier alpha value is -1.14. The highest BCUT2D eigenvalue weighted by Gasteiger charge is 2.09. The highest BCUT2D eigenvalue weighted by atomic mass is 32.2. The number of thiophene rings is 1. The molecular weight excluding hydrogens is 230 g/mol. The number of nitrogens with zero attached hydrogens (tertiary/aromatic N) is 3. The first-order valence-electron chi connectivity index (χ1n) is 4.31. The summed E-state index contributed by atoms with van der Waals surface area (Å²) >= 11 is 2.87. The van der Waals surface area contributed by atoms with Crippen LogP contribution in [0.2, 0.25) is 0 Å². The van der Waals surface area contributed by atoms with Crippen molar-refractivity contribution in [1.29, 1.82) is 0 Å². The van der Waals surface area contributed by atoms with Gasteiger partial charge in [0.1, 0.15) is 6.33 Å². The van der Waals surface area contributed by atoms with Gasteiger partial charge in [0.05, 0.1) is 10.6 Å². The van der Waals surface area contributed by atoms with Gasteiger partial charge in [-0.3, -0.25) is 4.79 Å². The lowest BCUT2D eigenvalue weighted by Crippen LogP contribution is -2.01. The number of Topliss-reactive ketones (excluding diaryl/α,β-unsaturated/α-hetero) is 1. The fourth-order valence-electron chi connectivity index (χ4n) is 1.05. The van der Waals surface area contributed by atoms with Crippen molar-refractivity contribution in [1.82, 2.24) is 14.8 Å². The fourth-order valence-corrected chi connectivity index (χ4v) is 2.58. The molecule has 2 heterocycles. The van der Waals surface area contributed by atoms with Crippen molar-refractivity contribution in [3.63, 3.8) is 0 Å². The monoisotopic (exact) mass is 239 g/mol. The first kappa shape index (κ1) is 10.4. The lowest BCUT2D eigenvalue weighted by molar-refractivity contribution is 0.102. The van der Waals surface area contributed by atoms with Crippen LogP contribution < -0.4 is 0 Å². The van der Waals surface area contributed by atoms with E-state index in [1.807, 2.05) is 24.6 Å². The molecule has 0 N–H and O–H groups in total. The van der Waals surface area contributed by atoms with Gasteiger partial charge in [0.2, 0.25) is 0 Å². The second-order valence-electron chi connectivity index (χ2n) is 2.86. The third-order valence-corrected chi connectivity index (χ3v) is 3.74. The first-order valence-corrected chi connectivity index (χ1v) is 6.17. The van der Waals surface area contributed by atoms with Crippen molar-refractivity contribution in [3.05, 3.63) is 28.7 Å². The summed E-state index contributed by atoms with van der Waals surface area (Å²) in [6.07, 6.45) is 1.48. The van der Waals surface area contributed by atoms with Crippen molar-refractivity contribution >= 4 is 28.9 Å². The van der Waals surface area contributed by atoms with Crippen LogP contribution in [0.3, 0.4) is 0 Å². The van der Waals surface area contributed by atoms with Gasteiger partial charge in [0, 0.05) is 7.05 Å². The van der Waals surface area contributed by atoms with E-state index in [4.69, 9.17) is 0 Å². The number of aryl methyl sites for hydroxylation is 1. The van der Waals surface area contributed by atoms with E-state index in [2.05, 4.69) is 10.1 Å². The molecule has 78 valence electrons. The minimum atomic E-state index is 0.137. The second-order valence-corrected chi connectivity index (χ2v) is 4.75. The van der Waals surface area contributed by atoms with E-state index in [-0.39, 0.29) is 5.78 Å². The number of hydrogen-bond acceptors (Lipinski definition) is 5. The summed E-state index contributed by atoms with van der Waals surface area (Å²) in [6, 6.07) is 3.72. The summed E-state index contributed by atoms with van der Waals surface area (Å²) in [5, 5.41) is 6.60. The number of rotatable bonds is 4. The van der Waals surface area contributed by atoms with Gasteiger partial charge in [0.25, 0.3) is 0 Å². The second kappa shape index (κ2) is 4.59. The average Bonchev–Trinajstić information content (AvgIpc) is 2.85. The molecule has 15 heavy (non-hydrogen) atoms. The molecule has 0 fully saturated rings. The molecule has 2 aromatic heterocycles. The molecule has 0 aliphatic heterocycles. The van der Waals surface area contributed by atoms with Gasteiger partial charge in [-0.1, -0.05) is 17.8 Å². The predicted molar refractivity (Wildman–Crippen MR) is 60.4 cm³/mol. The van der Waals surface area contributed by atoms with Crippen molar-refractivity contribution in [2.24, 2.45) is 7.05 Å². The zero-order valence-corrected chi connectivity index (χ0v) is 9.72. The van der Waals surface area contributed by atoms with Gasteiger partial charge in [-0.2, -0.15) is 5.10 Å². The molecule has 0 saturated heterocycles. The van der Waals surface area contributed by atoms with E-state index in [0.717, 1.165) is 10.0 Å². The van der Waals surface area contributed by atoms with Crippen LogP contribution in [0.5, 0.6) is 0 Å². The van der Waals surface area contributed by atoms with Crippen LogP contribution >= 0.6 is 23.1 Å². The fraction of sp³-hybridized carbons (Fsp3) is 0.222. The maximum atomic E-state index is 11.6. The highest BCUT2D eigenvalue weighted by molar-refractivity contribution is 7.99. The van der Waals surface area contributed by atoms with E-state index < -0.39 is 0 Å². The zero-order chi connectivity index (χ0) is 10.7. The molecule has 2 aromatic rings. The summed E-state index contributed by atoms with van der Waals surface area (Å²) in [5.41, 5.74) is 0. The Morgan fingerprint density at radius 1 is 1.67 bits per heavy atom.